The summed E-state index contributed by atoms with van der Waals surface area (Å²) in [5.74, 6) is -0.681. The number of para-hydroxylation sites is 2. The molecule has 3 aromatic rings. The van der Waals surface area contributed by atoms with Crippen LogP contribution in [0.3, 0.4) is 0 Å². The van der Waals surface area contributed by atoms with Gasteiger partial charge in [0.25, 0.3) is 10.8 Å². The number of benzene rings is 1. The van der Waals surface area contributed by atoms with Crippen molar-refractivity contribution in [1.29, 1.82) is 0 Å². The molecule has 0 radical (unpaired) electrons. The number of nitrogens with zero attached hydrogens (tertiary/aromatic N) is 2. The summed E-state index contributed by atoms with van der Waals surface area (Å²) in [5, 5.41) is 0.325. The molecule has 1 aromatic carbocycles. The minimum atomic E-state index is -0.780. The minimum Gasteiger partial charge on any atom is -0.431 e. The Morgan fingerprint density at radius 3 is 2.84 bits per heavy atom. The van der Waals surface area contributed by atoms with Crippen LogP contribution in [0.5, 0.6) is 0 Å². The highest BCUT2D eigenvalue weighted by atomic mass is 32.2. The average Bonchev–Trinajstić information content (AvgIpc) is 2.99. The van der Waals surface area contributed by atoms with Crippen molar-refractivity contribution in [1.82, 2.24) is 14.5 Å². The molecule has 2 aromatic heterocycles. The van der Waals surface area contributed by atoms with E-state index in [-0.39, 0.29) is 17.1 Å². The van der Waals surface area contributed by atoms with E-state index in [2.05, 4.69) is 9.97 Å². The van der Waals surface area contributed by atoms with E-state index in [0.717, 1.165) is 11.8 Å². The number of hydrogen-bond acceptors (Lipinski definition) is 7. The average molecular weight is 360 g/mol. The van der Waals surface area contributed by atoms with Crippen LogP contribution in [0, 0.1) is 0 Å². The topological polar surface area (TPSA) is 124 Å². The predicted octanol–water partition coefficient (Wildman–Crippen LogP) is 1.64. The van der Waals surface area contributed by atoms with Gasteiger partial charge in [0.1, 0.15) is 16.9 Å². The summed E-state index contributed by atoms with van der Waals surface area (Å²) in [6.07, 6.45) is 0.640. The lowest BCUT2D eigenvalue weighted by Gasteiger charge is -2.10. The van der Waals surface area contributed by atoms with Crippen molar-refractivity contribution in [3.8, 4) is 0 Å². The first-order chi connectivity index (χ1) is 12.0. The van der Waals surface area contributed by atoms with E-state index in [1.807, 2.05) is 19.1 Å². The van der Waals surface area contributed by atoms with Gasteiger partial charge in [-0.1, -0.05) is 30.8 Å². The van der Waals surface area contributed by atoms with Crippen molar-refractivity contribution in [3.05, 3.63) is 50.7 Å². The van der Waals surface area contributed by atoms with Crippen LogP contribution in [-0.2, 0) is 6.54 Å². The molecule has 0 saturated carbocycles. The molecular weight excluding hydrogens is 344 g/mol. The Balaban J connectivity index is 1.84. The summed E-state index contributed by atoms with van der Waals surface area (Å²) >= 11 is 1.07. The molecule has 0 atom stereocenters. The number of nitrogens with two attached hydrogens (primary N) is 1. The van der Waals surface area contributed by atoms with Gasteiger partial charge in [0, 0.05) is 6.54 Å². The van der Waals surface area contributed by atoms with Gasteiger partial charge >= 0.3 is 5.69 Å². The van der Waals surface area contributed by atoms with Crippen LogP contribution in [0.2, 0.25) is 0 Å². The van der Waals surface area contributed by atoms with Crippen molar-refractivity contribution in [3.63, 3.8) is 0 Å². The Morgan fingerprint density at radius 1 is 1.36 bits per heavy atom. The van der Waals surface area contributed by atoms with Crippen LogP contribution in [-0.4, -0.2) is 26.1 Å². The van der Waals surface area contributed by atoms with E-state index in [9.17, 15) is 14.4 Å². The number of hydrogen-bond donors (Lipinski definition) is 2. The number of ketones is 1. The molecule has 0 saturated heterocycles. The maximum atomic E-state index is 12.4. The lowest BCUT2D eigenvalue weighted by Crippen LogP contribution is -2.36. The van der Waals surface area contributed by atoms with Gasteiger partial charge in [-0.15, -0.1) is 0 Å². The van der Waals surface area contributed by atoms with Crippen molar-refractivity contribution < 1.29 is 9.21 Å². The number of anilines is 1. The molecule has 2 heterocycles. The van der Waals surface area contributed by atoms with E-state index in [1.165, 1.54) is 4.57 Å². The number of rotatable bonds is 6. The number of thioether (sulfide) groups is 1. The first kappa shape index (κ1) is 17.0. The fourth-order valence-corrected chi connectivity index (χ4v) is 3.13. The monoisotopic (exact) mass is 360 g/mol. The van der Waals surface area contributed by atoms with E-state index < -0.39 is 17.0 Å². The lowest BCUT2D eigenvalue weighted by molar-refractivity contribution is 0.102. The Hall–Kier alpha value is -2.81. The van der Waals surface area contributed by atoms with Crippen molar-refractivity contribution in [2.45, 2.75) is 25.1 Å². The summed E-state index contributed by atoms with van der Waals surface area (Å²) < 4.78 is 6.72. The third-order valence-electron chi connectivity index (χ3n) is 3.57. The van der Waals surface area contributed by atoms with Crippen molar-refractivity contribution >= 4 is 34.5 Å². The third kappa shape index (κ3) is 3.36. The number of nitrogen functional groups attached to an aromatic ring is 1. The van der Waals surface area contributed by atoms with E-state index in [4.69, 9.17) is 10.2 Å². The lowest BCUT2D eigenvalue weighted by atomic mass is 10.2. The van der Waals surface area contributed by atoms with Gasteiger partial charge in [-0.05, 0) is 18.6 Å². The largest absolute Gasteiger partial charge is 0.431 e. The molecule has 25 heavy (non-hydrogen) atoms. The number of carbonyl (C=O) groups excluding carboxylic acids is 1. The molecule has 3 rings (SSSR count). The maximum Gasteiger partial charge on any atom is 0.329 e. The molecule has 0 aliphatic carbocycles. The Labute approximate surface area is 146 Å². The first-order valence-electron chi connectivity index (χ1n) is 7.65. The Morgan fingerprint density at radius 2 is 2.12 bits per heavy atom. The normalized spacial score (nSPS) is 11.1. The number of aromatic amines is 1. The molecule has 0 amide bonds. The molecule has 0 aliphatic rings. The molecular formula is C16H16N4O4S. The molecule has 0 bridgehead atoms. The summed E-state index contributed by atoms with van der Waals surface area (Å²) in [6.45, 7) is 2.18. The van der Waals surface area contributed by atoms with Crippen LogP contribution in [0.25, 0.3) is 11.1 Å². The Kier molecular flexibility index (Phi) is 4.75. The van der Waals surface area contributed by atoms with Gasteiger partial charge in [-0.25, -0.2) is 9.78 Å². The number of aromatic nitrogens is 3. The van der Waals surface area contributed by atoms with Gasteiger partial charge in [0.2, 0.25) is 0 Å². The quantitative estimate of drug-likeness (QED) is 0.506. The summed E-state index contributed by atoms with van der Waals surface area (Å²) in [6, 6.07) is 7.23. The predicted molar refractivity (Wildman–Crippen MR) is 95.1 cm³/mol. The van der Waals surface area contributed by atoms with Crippen LogP contribution < -0.4 is 17.0 Å². The number of Topliss-reactive ketones (excluding diaryl/α,β-unsaturated/α-hetero) is 1. The van der Waals surface area contributed by atoms with E-state index in [0.29, 0.717) is 29.3 Å². The molecule has 0 fully saturated rings. The van der Waals surface area contributed by atoms with Crippen LogP contribution in [0.1, 0.15) is 23.7 Å². The van der Waals surface area contributed by atoms with Gasteiger partial charge in [0.05, 0.1) is 5.75 Å². The van der Waals surface area contributed by atoms with Crippen molar-refractivity contribution in [2.75, 3.05) is 11.5 Å². The third-order valence-corrected chi connectivity index (χ3v) is 4.39. The molecule has 9 heteroatoms. The fourth-order valence-electron chi connectivity index (χ4n) is 2.42. The highest BCUT2D eigenvalue weighted by Gasteiger charge is 2.20. The van der Waals surface area contributed by atoms with E-state index >= 15 is 0 Å². The SMILES string of the molecule is CCCn1c(N)c(C(=O)CSc2nc3ccccc3o2)c(=O)[nH]c1=O. The number of nitrogens with one attached hydrogen (secondary N) is 1. The summed E-state index contributed by atoms with van der Waals surface area (Å²) in [7, 11) is 0. The zero-order chi connectivity index (χ0) is 18.0. The maximum absolute atomic E-state index is 12.4. The minimum absolute atomic E-state index is 0.0789. The molecule has 130 valence electrons. The zero-order valence-corrected chi connectivity index (χ0v) is 14.3. The molecule has 0 unspecified atom stereocenters. The second-order valence-corrected chi connectivity index (χ2v) is 6.26. The smallest absolute Gasteiger partial charge is 0.329 e. The highest BCUT2D eigenvalue weighted by molar-refractivity contribution is 7.99. The fraction of sp³-hybridized carbons (Fsp3) is 0.250. The molecule has 8 nitrogen and oxygen atoms in total. The summed E-state index contributed by atoms with van der Waals surface area (Å²) in [5.41, 5.74) is 5.57. The van der Waals surface area contributed by atoms with E-state index in [1.54, 1.807) is 12.1 Å². The van der Waals surface area contributed by atoms with Crippen LogP contribution >= 0.6 is 11.8 Å². The first-order valence-corrected chi connectivity index (χ1v) is 8.64. The van der Waals surface area contributed by atoms with Gasteiger partial charge in [-0.2, -0.15) is 0 Å². The van der Waals surface area contributed by atoms with Gasteiger partial charge < -0.3 is 10.2 Å². The van der Waals surface area contributed by atoms with Crippen molar-refractivity contribution in [2.24, 2.45) is 0 Å². The molecule has 3 N–H and O–H groups in total. The highest BCUT2D eigenvalue weighted by Crippen LogP contribution is 2.24. The standard InChI is InChI=1S/C16H16N4O4S/c1-2-7-20-13(17)12(14(22)19-15(20)23)10(21)8-25-16-18-9-5-3-4-6-11(9)24-16/h3-6H,2,7-8,17H2,1H3,(H,19,22,23). The number of oxazole rings is 1. The number of fused-ring (bicyclic) bond motifs is 1. The second-order valence-electron chi connectivity index (χ2n) is 5.33. The Bertz CT molecular complexity index is 1020. The van der Waals surface area contributed by atoms with Gasteiger partial charge in [0.15, 0.2) is 11.4 Å². The van der Waals surface area contributed by atoms with Crippen LogP contribution in [0.4, 0.5) is 5.82 Å². The van der Waals surface area contributed by atoms with Gasteiger partial charge in [-0.3, -0.25) is 19.1 Å². The second kappa shape index (κ2) is 6.98. The number of H-pyrrole nitrogens is 1. The molecule has 0 aliphatic heterocycles. The van der Waals surface area contributed by atoms with Crippen LogP contribution in [0.15, 0.2) is 43.5 Å². The summed E-state index contributed by atoms with van der Waals surface area (Å²) in [4.78, 5) is 42.6. The number of carbonyl (C=O) groups is 1. The molecule has 0 spiro atoms. The zero-order valence-electron chi connectivity index (χ0n) is 13.4.